The molecule has 0 spiro atoms. The van der Waals surface area contributed by atoms with Gasteiger partial charge in [0.15, 0.2) is 5.16 Å². The summed E-state index contributed by atoms with van der Waals surface area (Å²) in [6.45, 7) is 4.73. The lowest BCUT2D eigenvalue weighted by Crippen LogP contribution is -2.35. The van der Waals surface area contributed by atoms with Gasteiger partial charge in [-0.25, -0.2) is 4.98 Å². The van der Waals surface area contributed by atoms with Crippen molar-refractivity contribution in [3.8, 4) is 5.69 Å². The van der Waals surface area contributed by atoms with Gasteiger partial charge in [0.1, 0.15) is 0 Å². The number of amides is 1. The van der Waals surface area contributed by atoms with Crippen molar-refractivity contribution >= 4 is 17.7 Å². The number of nitrogens with zero attached hydrogens (tertiary/aromatic N) is 3. The lowest BCUT2D eigenvalue weighted by Gasteiger charge is -2.25. The van der Waals surface area contributed by atoms with Crippen molar-refractivity contribution in [1.82, 2.24) is 19.8 Å². The summed E-state index contributed by atoms with van der Waals surface area (Å²) in [5.74, 6) is 0.338. The molecule has 29 heavy (non-hydrogen) atoms. The highest BCUT2D eigenvalue weighted by molar-refractivity contribution is 7.99. The van der Waals surface area contributed by atoms with Crippen LogP contribution in [0, 0.1) is 13.8 Å². The lowest BCUT2D eigenvalue weighted by atomic mass is 10.1. The van der Waals surface area contributed by atoms with Crippen LogP contribution in [-0.2, 0) is 4.79 Å². The highest BCUT2D eigenvalue weighted by Crippen LogP contribution is 2.23. The average molecular weight is 409 g/mol. The molecule has 152 valence electrons. The van der Waals surface area contributed by atoms with Crippen LogP contribution in [0.4, 0.5) is 0 Å². The molecule has 6 heteroatoms. The first kappa shape index (κ1) is 21.1. The van der Waals surface area contributed by atoms with Gasteiger partial charge in [-0.2, -0.15) is 0 Å². The van der Waals surface area contributed by atoms with Gasteiger partial charge >= 0.3 is 0 Å². The maximum atomic E-state index is 12.5. The number of nitrogens with one attached hydrogen (secondary N) is 1. The fourth-order valence-electron chi connectivity index (χ4n) is 3.22. The van der Waals surface area contributed by atoms with Crippen LogP contribution in [0.1, 0.15) is 22.7 Å². The molecule has 3 rings (SSSR count). The maximum absolute atomic E-state index is 12.5. The first-order valence-corrected chi connectivity index (χ1v) is 10.7. The van der Waals surface area contributed by atoms with E-state index in [9.17, 15) is 4.79 Å². The third-order valence-electron chi connectivity index (χ3n) is 4.86. The zero-order valence-corrected chi connectivity index (χ0v) is 18.2. The van der Waals surface area contributed by atoms with E-state index in [1.54, 1.807) is 6.20 Å². The van der Waals surface area contributed by atoms with E-state index in [-0.39, 0.29) is 11.9 Å². The molecule has 0 aliphatic heterocycles. The Hall–Kier alpha value is -2.57. The van der Waals surface area contributed by atoms with Gasteiger partial charge in [0.2, 0.25) is 5.91 Å². The summed E-state index contributed by atoms with van der Waals surface area (Å²) in [6, 6.07) is 16.7. The number of imidazole rings is 1. The van der Waals surface area contributed by atoms with Crippen molar-refractivity contribution in [3.63, 3.8) is 0 Å². The van der Waals surface area contributed by atoms with Gasteiger partial charge in [0.25, 0.3) is 0 Å². The van der Waals surface area contributed by atoms with Crippen molar-refractivity contribution in [2.45, 2.75) is 25.0 Å². The van der Waals surface area contributed by atoms with Crippen molar-refractivity contribution in [3.05, 3.63) is 77.6 Å². The standard InChI is InChI=1S/C23H28N4OS/c1-17-10-11-18(2)20(14-17)27-13-12-24-23(27)29-16-22(28)25-15-21(26(3)4)19-8-6-5-7-9-19/h5-14,21H,15-16H2,1-4H3,(H,25,28). The Labute approximate surface area is 177 Å². The molecule has 0 saturated heterocycles. The molecule has 1 heterocycles. The fourth-order valence-corrected chi connectivity index (χ4v) is 4.02. The van der Waals surface area contributed by atoms with Crippen LogP contribution in [0.15, 0.2) is 66.1 Å². The van der Waals surface area contributed by atoms with E-state index in [0.29, 0.717) is 12.3 Å². The summed E-state index contributed by atoms with van der Waals surface area (Å²) < 4.78 is 2.05. The Kier molecular flexibility index (Phi) is 7.12. The van der Waals surface area contributed by atoms with E-state index in [2.05, 4.69) is 59.4 Å². The first-order valence-electron chi connectivity index (χ1n) is 9.67. The van der Waals surface area contributed by atoms with Gasteiger partial charge in [-0.1, -0.05) is 54.2 Å². The zero-order valence-electron chi connectivity index (χ0n) is 17.4. The van der Waals surface area contributed by atoms with Crippen LogP contribution >= 0.6 is 11.8 Å². The van der Waals surface area contributed by atoms with Crippen molar-refractivity contribution < 1.29 is 4.79 Å². The minimum Gasteiger partial charge on any atom is -0.353 e. The minimum atomic E-state index is 0.00768. The summed E-state index contributed by atoms with van der Waals surface area (Å²) in [6.07, 6.45) is 3.72. The number of thioether (sulfide) groups is 1. The van der Waals surface area contributed by atoms with E-state index in [4.69, 9.17) is 0 Å². The predicted molar refractivity (Wildman–Crippen MR) is 120 cm³/mol. The Balaban J connectivity index is 1.60. The molecule has 0 aliphatic carbocycles. The van der Waals surface area contributed by atoms with Crippen LogP contribution in [0.5, 0.6) is 0 Å². The first-order chi connectivity index (χ1) is 14.0. The molecule has 1 unspecified atom stereocenters. The number of benzene rings is 2. The van der Waals surface area contributed by atoms with E-state index in [1.807, 2.05) is 43.1 Å². The predicted octanol–water partition coefficient (Wildman–Crippen LogP) is 4.00. The second-order valence-corrected chi connectivity index (χ2v) is 8.30. The highest BCUT2D eigenvalue weighted by atomic mass is 32.2. The molecule has 0 bridgehead atoms. The number of aryl methyl sites for hydroxylation is 2. The lowest BCUT2D eigenvalue weighted by molar-refractivity contribution is -0.118. The number of rotatable bonds is 8. The van der Waals surface area contributed by atoms with Crippen molar-refractivity contribution in [1.29, 1.82) is 0 Å². The molecule has 1 aromatic heterocycles. The quantitative estimate of drug-likeness (QED) is 0.573. The topological polar surface area (TPSA) is 50.2 Å². The van der Waals surface area contributed by atoms with Gasteiger partial charge < -0.3 is 10.2 Å². The summed E-state index contributed by atoms with van der Waals surface area (Å²) in [4.78, 5) is 19.0. The average Bonchev–Trinajstić information content (AvgIpc) is 3.17. The third kappa shape index (κ3) is 5.49. The van der Waals surface area contributed by atoms with Crippen LogP contribution < -0.4 is 5.32 Å². The summed E-state index contributed by atoms with van der Waals surface area (Å²) in [5.41, 5.74) is 4.67. The highest BCUT2D eigenvalue weighted by Gasteiger charge is 2.16. The monoisotopic (exact) mass is 408 g/mol. The van der Waals surface area contributed by atoms with Crippen LogP contribution in [0.3, 0.4) is 0 Å². The number of likely N-dealkylation sites (N-methyl/N-ethyl adjacent to an activating group) is 1. The summed E-state index contributed by atoms with van der Waals surface area (Å²) in [5, 5.41) is 3.89. The van der Waals surface area contributed by atoms with Crippen molar-refractivity contribution in [2.24, 2.45) is 0 Å². The van der Waals surface area contributed by atoms with E-state index in [1.165, 1.54) is 28.5 Å². The third-order valence-corrected chi connectivity index (χ3v) is 5.83. The summed E-state index contributed by atoms with van der Waals surface area (Å²) >= 11 is 1.45. The maximum Gasteiger partial charge on any atom is 0.230 e. The molecule has 3 aromatic rings. The number of hydrogen-bond donors (Lipinski definition) is 1. The number of carbonyl (C=O) groups excluding carboxylic acids is 1. The van der Waals surface area contributed by atoms with Gasteiger partial charge in [-0.3, -0.25) is 9.36 Å². The fraction of sp³-hybridized carbons (Fsp3) is 0.304. The molecule has 0 aliphatic rings. The molecule has 0 radical (unpaired) electrons. The van der Waals surface area contributed by atoms with Gasteiger partial charge in [0.05, 0.1) is 17.5 Å². The largest absolute Gasteiger partial charge is 0.353 e. The number of hydrogen-bond acceptors (Lipinski definition) is 4. The van der Waals surface area contributed by atoms with Gasteiger partial charge in [0, 0.05) is 18.9 Å². The Morgan fingerprint density at radius 3 is 2.66 bits per heavy atom. The molecule has 1 amide bonds. The van der Waals surface area contributed by atoms with Crippen LogP contribution in [-0.4, -0.2) is 46.8 Å². The molecular formula is C23H28N4OS. The smallest absolute Gasteiger partial charge is 0.230 e. The zero-order chi connectivity index (χ0) is 20.8. The van der Waals surface area contributed by atoms with E-state index in [0.717, 1.165) is 10.8 Å². The normalized spacial score (nSPS) is 12.2. The second kappa shape index (κ2) is 9.76. The molecule has 5 nitrogen and oxygen atoms in total. The number of aromatic nitrogens is 2. The molecule has 0 saturated carbocycles. The minimum absolute atomic E-state index is 0.00768. The molecule has 1 N–H and O–H groups in total. The van der Waals surface area contributed by atoms with Gasteiger partial charge in [-0.05, 0) is 50.7 Å². The Morgan fingerprint density at radius 1 is 1.17 bits per heavy atom. The molecule has 0 fully saturated rings. The van der Waals surface area contributed by atoms with E-state index >= 15 is 0 Å². The summed E-state index contributed by atoms with van der Waals surface area (Å²) in [7, 11) is 4.05. The SMILES string of the molecule is Cc1ccc(C)c(-n2ccnc2SCC(=O)NCC(c2ccccc2)N(C)C)c1. The molecular weight excluding hydrogens is 380 g/mol. The second-order valence-electron chi connectivity index (χ2n) is 7.35. The van der Waals surface area contributed by atoms with Crippen LogP contribution in [0.2, 0.25) is 0 Å². The Morgan fingerprint density at radius 2 is 1.93 bits per heavy atom. The molecule has 2 aromatic carbocycles. The van der Waals surface area contributed by atoms with Gasteiger partial charge in [-0.15, -0.1) is 0 Å². The van der Waals surface area contributed by atoms with E-state index < -0.39 is 0 Å². The molecule has 1 atom stereocenters. The van der Waals surface area contributed by atoms with Crippen LogP contribution in [0.25, 0.3) is 5.69 Å². The van der Waals surface area contributed by atoms with Crippen molar-refractivity contribution in [2.75, 3.05) is 26.4 Å². The number of carbonyl (C=O) groups is 1. The Bertz CT molecular complexity index is 953.